The van der Waals surface area contributed by atoms with Gasteiger partial charge in [0.1, 0.15) is 0 Å². The average Bonchev–Trinajstić information content (AvgIpc) is 2.35. The molecule has 0 radical (unpaired) electrons. The van der Waals surface area contributed by atoms with Crippen LogP contribution in [0.4, 0.5) is 5.69 Å². The van der Waals surface area contributed by atoms with Gasteiger partial charge in [0, 0.05) is 5.69 Å². The van der Waals surface area contributed by atoms with E-state index in [1.165, 1.54) is 0 Å². The first-order chi connectivity index (χ1) is 8.49. The van der Waals surface area contributed by atoms with E-state index in [1.54, 1.807) is 36.4 Å². The van der Waals surface area contributed by atoms with Crippen LogP contribution in [0.3, 0.4) is 0 Å². The van der Waals surface area contributed by atoms with Crippen LogP contribution >= 0.6 is 0 Å². The summed E-state index contributed by atoms with van der Waals surface area (Å²) in [4.78, 5) is 0.267. The quantitative estimate of drug-likeness (QED) is 0.922. The fraction of sp³-hybridized carbons (Fsp3) is 0.143. The van der Waals surface area contributed by atoms with Crippen LogP contribution in [0.5, 0.6) is 0 Å². The van der Waals surface area contributed by atoms with E-state index in [4.69, 9.17) is 0 Å². The van der Waals surface area contributed by atoms with Crippen molar-refractivity contribution < 1.29 is 8.42 Å². The average molecular weight is 261 g/mol. The lowest BCUT2D eigenvalue weighted by Crippen LogP contribution is -2.12. The van der Waals surface area contributed by atoms with Crippen molar-refractivity contribution in [3.05, 3.63) is 59.7 Å². The van der Waals surface area contributed by atoms with Crippen molar-refractivity contribution in [1.82, 2.24) is 0 Å². The molecule has 0 amide bonds. The molecular weight excluding hydrogens is 246 g/mol. The molecule has 0 aliphatic carbocycles. The molecule has 0 fully saturated rings. The minimum Gasteiger partial charge on any atom is -0.280 e. The minimum atomic E-state index is -3.49. The zero-order valence-corrected chi connectivity index (χ0v) is 11.2. The lowest BCUT2D eigenvalue weighted by atomic mass is 10.1. The van der Waals surface area contributed by atoms with Gasteiger partial charge in [0.25, 0.3) is 10.0 Å². The summed E-state index contributed by atoms with van der Waals surface area (Å²) >= 11 is 0. The van der Waals surface area contributed by atoms with E-state index < -0.39 is 10.0 Å². The van der Waals surface area contributed by atoms with Gasteiger partial charge in [-0.2, -0.15) is 0 Å². The van der Waals surface area contributed by atoms with Gasteiger partial charge in [-0.1, -0.05) is 24.3 Å². The fourth-order valence-corrected chi connectivity index (χ4v) is 2.69. The van der Waals surface area contributed by atoms with Crippen molar-refractivity contribution in [1.29, 1.82) is 0 Å². The van der Waals surface area contributed by atoms with Crippen LogP contribution in [0, 0.1) is 13.8 Å². The number of hydrogen-bond acceptors (Lipinski definition) is 2. The number of aryl methyl sites for hydroxylation is 2. The summed E-state index contributed by atoms with van der Waals surface area (Å²) in [6, 6.07) is 13.8. The van der Waals surface area contributed by atoms with Gasteiger partial charge in [0.2, 0.25) is 0 Å². The molecule has 0 spiro atoms. The lowest BCUT2D eigenvalue weighted by Gasteiger charge is -2.09. The monoisotopic (exact) mass is 261 g/mol. The van der Waals surface area contributed by atoms with Gasteiger partial charge in [0.15, 0.2) is 0 Å². The van der Waals surface area contributed by atoms with Crippen LogP contribution < -0.4 is 4.72 Å². The van der Waals surface area contributed by atoms with Crippen LogP contribution in [0.25, 0.3) is 0 Å². The van der Waals surface area contributed by atoms with Gasteiger partial charge in [-0.15, -0.1) is 0 Å². The first-order valence-corrected chi connectivity index (χ1v) is 7.12. The van der Waals surface area contributed by atoms with Gasteiger partial charge in [-0.3, -0.25) is 4.72 Å². The Balaban J connectivity index is 2.31. The van der Waals surface area contributed by atoms with Gasteiger partial charge >= 0.3 is 0 Å². The molecule has 0 saturated heterocycles. The molecule has 0 unspecified atom stereocenters. The molecule has 0 bridgehead atoms. The normalized spacial score (nSPS) is 11.2. The second-order valence-electron chi connectivity index (χ2n) is 4.22. The van der Waals surface area contributed by atoms with Gasteiger partial charge in [0.05, 0.1) is 4.90 Å². The molecule has 0 saturated carbocycles. The maximum atomic E-state index is 12.1. The smallest absolute Gasteiger partial charge is 0.261 e. The predicted octanol–water partition coefficient (Wildman–Crippen LogP) is 3.10. The van der Waals surface area contributed by atoms with E-state index in [-0.39, 0.29) is 4.90 Å². The number of rotatable bonds is 3. The Hall–Kier alpha value is -1.81. The highest BCUT2D eigenvalue weighted by molar-refractivity contribution is 7.92. The SMILES string of the molecule is Cc1ccc(NS(=O)(=O)c2ccccc2)cc1C. The van der Waals surface area contributed by atoms with Crippen molar-refractivity contribution in [2.24, 2.45) is 0 Å². The number of hydrogen-bond donors (Lipinski definition) is 1. The molecule has 2 aromatic rings. The van der Waals surface area contributed by atoms with Crippen LogP contribution in [-0.2, 0) is 10.0 Å². The molecule has 0 heterocycles. The van der Waals surface area contributed by atoms with Crippen molar-refractivity contribution in [3.63, 3.8) is 0 Å². The molecule has 0 aliphatic heterocycles. The third-order valence-electron chi connectivity index (χ3n) is 2.81. The van der Waals surface area contributed by atoms with E-state index in [0.29, 0.717) is 5.69 Å². The van der Waals surface area contributed by atoms with Crippen LogP contribution in [0.2, 0.25) is 0 Å². The third-order valence-corrected chi connectivity index (χ3v) is 4.21. The summed E-state index contributed by atoms with van der Waals surface area (Å²) in [5.41, 5.74) is 2.78. The largest absolute Gasteiger partial charge is 0.280 e. The standard InChI is InChI=1S/C14H15NO2S/c1-11-8-9-13(10-12(11)2)15-18(16,17)14-6-4-3-5-7-14/h3-10,15H,1-2H3. The Morgan fingerprint density at radius 3 is 2.17 bits per heavy atom. The molecule has 4 heteroatoms. The predicted molar refractivity (Wildman–Crippen MR) is 73.2 cm³/mol. The van der Waals surface area contributed by atoms with Gasteiger partial charge in [-0.25, -0.2) is 8.42 Å². The van der Waals surface area contributed by atoms with Crippen LogP contribution in [0.15, 0.2) is 53.4 Å². The highest BCUT2D eigenvalue weighted by Gasteiger charge is 2.13. The Morgan fingerprint density at radius 1 is 0.889 bits per heavy atom. The second kappa shape index (κ2) is 4.82. The Morgan fingerprint density at radius 2 is 1.56 bits per heavy atom. The van der Waals surface area contributed by atoms with E-state index in [1.807, 2.05) is 26.0 Å². The first kappa shape index (κ1) is 12.6. The van der Waals surface area contributed by atoms with Crippen LogP contribution in [0.1, 0.15) is 11.1 Å². The van der Waals surface area contributed by atoms with E-state index in [0.717, 1.165) is 11.1 Å². The number of benzene rings is 2. The summed E-state index contributed by atoms with van der Waals surface area (Å²) < 4.78 is 26.7. The zero-order chi connectivity index (χ0) is 13.2. The Kier molecular flexibility index (Phi) is 3.39. The Labute approximate surface area is 108 Å². The highest BCUT2D eigenvalue weighted by Crippen LogP contribution is 2.18. The summed E-state index contributed by atoms with van der Waals surface area (Å²) in [5.74, 6) is 0. The maximum Gasteiger partial charge on any atom is 0.261 e. The topological polar surface area (TPSA) is 46.2 Å². The molecule has 94 valence electrons. The van der Waals surface area contributed by atoms with Crippen molar-refractivity contribution in [2.75, 3.05) is 4.72 Å². The fourth-order valence-electron chi connectivity index (χ4n) is 1.62. The zero-order valence-electron chi connectivity index (χ0n) is 10.3. The van der Waals surface area contributed by atoms with Crippen LogP contribution in [-0.4, -0.2) is 8.42 Å². The van der Waals surface area contributed by atoms with Crippen molar-refractivity contribution >= 4 is 15.7 Å². The van der Waals surface area contributed by atoms with Gasteiger partial charge in [-0.05, 0) is 49.2 Å². The molecule has 0 atom stereocenters. The minimum absolute atomic E-state index is 0.267. The molecular formula is C14H15NO2S. The number of anilines is 1. The van der Waals surface area contributed by atoms with E-state index in [2.05, 4.69) is 4.72 Å². The van der Waals surface area contributed by atoms with E-state index >= 15 is 0 Å². The number of nitrogens with one attached hydrogen (secondary N) is 1. The molecule has 3 nitrogen and oxygen atoms in total. The summed E-state index contributed by atoms with van der Waals surface area (Å²) in [5, 5.41) is 0. The highest BCUT2D eigenvalue weighted by atomic mass is 32.2. The lowest BCUT2D eigenvalue weighted by molar-refractivity contribution is 0.601. The summed E-state index contributed by atoms with van der Waals surface area (Å²) in [7, 11) is -3.49. The van der Waals surface area contributed by atoms with Crippen molar-refractivity contribution in [3.8, 4) is 0 Å². The molecule has 2 rings (SSSR count). The van der Waals surface area contributed by atoms with Gasteiger partial charge < -0.3 is 0 Å². The third kappa shape index (κ3) is 2.71. The van der Waals surface area contributed by atoms with Crippen molar-refractivity contribution in [2.45, 2.75) is 18.7 Å². The molecule has 1 N–H and O–H groups in total. The maximum absolute atomic E-state index is 12.1. The number of sulfonamides is 1. The summed E-state index contributed by atoms with van der Waals surface area (Å²) in [6.45, 7) is 3.94. The molecule has 18 heavy (non-hydrogen) atoms. The molecule has 0 aliphatic rings. The Bertz CT molecular complexity index is 649. The second-order valence-corrected chi connectivity index (χ2v) is 5.90. The first-order valence-electron chi connectivity index (χ1n) is 5.64. The summed E-state index contributed by atoms with van der Waals surface area (Å²) in [6.07, 6.45) is 0. The molecule has 2 aromatic carbocycles. The van der Waals surface area contributed by atoms with E-state index in [9.17, 15) is 8.42 Å². The molecule has 0 aromatic heterocycles.